The summed E-state index contributed by atoms with van der Waals surface area (Å²) in [6.07, 6.45) is 3.07. The minimum Gasteiger partial charge on any atom is -0.437 e. The second-order valence-electron chi connectivity index (χ2n) is 9.50. The number of fused-ring (bicyclic) bond motifs is 6. The lowest BCUT2D eigenvalue weighted by molar-refractivity contribution is 0.467. The summed E-state index contributed by atoms with van der Waals surface area (Å²) in [4.78, 5) is 25.0. The quantitative estimate of drug-likeness (QED) is 0.180. The molecule has 0 spiro atoms. The van der Waals surface area contributed by atoms with Gasteiger partial charge in [0.2, 0.25) is 5.88 Å². The number of hydrogen-bond donors (Lipinski definition) is 2. The van der Waals surface area contributed by atoms with Crippen LogP contribution in [-0.2, 0) is 0 Å². The monoisotopic (exact) mass is 674 g/mol. The highest BCUT2D eigenvalue weighted by Crippen LogP contribution is 2.36. The van der Waals surface area contributed by atoms with E-state index in [-0.39, 0.29) is 0 Å². The zero-order chi connectivity index (χ0) is 30.2. The van der Waals surface area contributed by atoms with Crippen LogP contribution in [0.1, 0.15) is 0 Å². The van der Waals surface area contributed by atoms with E-state index in [1.807, 2.05) is 54.6 Å². The van der Waals surface area contributed by atoms with E-state index in [0.717, 1.165) is 53.8 Å². The van der Waals surface area contributed by atoms with Crippen molar-refractivity contribution in [3.05, 3.63) is 118 Å². The predicted octanol–water partition coefficient (Wildman–Crippen LogP) is 10.8. The Kier molecular flexibility index (Phi) is 7.93. The predicted molar refractivity (Wildman–Crippen MR) is 180 cm³/mol. The molecule has 0 aliphatic rings. The minimum absolute atomic E-state index is 0.432. The minimum atomic E-state index is 0.432. The van der Waals surface area contributed by atoms with Crippen LogP contribution in [0.2, 0.25) is 20.1 Å². The highest BCUT2D eigenvalue weighted by Gasteiger charge is 2.14. The SMILES string of the molecule is Clc1ccc(Oc2ncnc3c2[nH]c2ccccc23)cc1Cl.Clc1ccc(Sc2ncnc3c2[nH]c2ccccc23)cc1Cl. The fraction of sp³-hybridized carbons (Fsp3) is 0. The molecule has 4 aromatic carbocycles. The Hall–Kier alpha value is -4.05. The summed E-state index contributed by atoms with van der Waals surface area (Å²) < 4.78 is 5.83. The number of ether oxygens (including phenoxy) is 1. The number of nitrogens with zero attached hydrogens (tertiary/aromatic N) is 4. The molecule has 12 heteroatoms. The van der Waals surface area contributed by atoms with Gasteiger partial charge in [-0.1, -0.05) is 94.6 Å². The van der Waals surface area contributed by atoms with Crippen LogP contribution in [-0.4, -0.2) is 29.9 Å². The van der Waals surface area contributed by atoms with Crippen LogP contribution in [0.15, 0.2) is 108 Å². The van der Waals surface area contributed by atoms with Gasteiger partial charge in [-0.3, -0.25) is 0 Å². The molecule has 0 saturated heterocycles. The molecule has 2 N–H and O–H groups in total. The van der Waals surface area contributed by atoms with E-state index < -0.39 is 0 Å². The highest BCUT2D eigenvalue weighted by molar-refractivity contribution is 7.99. The van der Waals surface area contributed by atoms with Crippen molar-refractivity contribution in [2.75, 3.05) is 0 Å². The Balaban J connectivity index is 0.000000142. The van der Waals surface area contributed by atoms with E-state index in [1.54, 1.807) is 30.6 Å². The third-order valence-electron chi connectivity index (χ3n) is 6.72. The van der Waals surface area contributed by atoms with Crippen molar-refractivity contribution in [2.24, 2.45) is 0 Å². The topological polar surface area (TPSA) is 92.4 Å². The molecule has 0 saturated carbocycles. The van der Waals surface area contributed by atoms with Crippen molar-refractivity contribution in [2.45, 2.75) is 9.92 Å². The molecule has 0 aliphatic heterocycles. The fourth-order valence-corrected chi connectivity index (χ4v) is 6.23. The standard InChI is InChI=1S/C16H9Cl2N3O.C16H9Cl2N3S/c2*17-11-6-5-9(7-12(11)18)22-16-15-14(19-8-20-16)10-3-1-2-4-13(10)21-15/h2*1-8,21H. The summed E-state index contributed by atoms with van der Waals surface area (Å²) in [6.45, 7) is 0. The molecule has 0 unspecified atom stereocenters. The maximum Gasteiger partial charge on any atom is 0.247 e. The average molecular weight is 676 g/mol. The Bertz CT molecular complexity index is 2160. The van der Waals surface area contributed by atoms with Gasteiger partial charge in [0.15, 0.2) is 0 Å². The van der Waals surface area contributed by atoms with E-state index in [4.69, 9.17) is 51.1 Å². The van der Waals surface area contributed by atoms with E-state index >= 15 is 0 Å². The Morgan fingerprint density at radius 1 is 0.568 bits per heavy atom. The molecule has 8 aromatic rings. The van der Waals surface area contributed by atoms with Gasteiger partial charge in [-0.05, 0) is 42.5 Å². The molecular weight excluding hydrogens is 658 g/mol. The van der Waals surface area contributed by atoms with E-state index in [2.05, 4.69) is 36.0 Å². The third-order valence-corrected chi connectivity index (χ3v) is 9.19. The number of rotatable bonds is 4. The van der Waals surface area contributed by atoms with Crippen LogP contribution in [0.25, 0.3) is 43.9 Å². The van der Waals surface area contributed by atoms with Gasteiger partial charge in [-0.25, -0.2) is 15.0 Å². The number of halogens is 4. The first-order valence-electron chi connectivity index (χ1n) is 13.1. The summed E-state index contributed by atoms with van der Waals surface area (Å²) >= 11 is 25.5. The number of benzene rings is 4. The molecule has 7 nitrogen and oxygen atoms in total. The van der Waals surface area contributed by atoms with Gasteiger partial charge in [-0.15, -0.1) is 0 Å². The molecule has 216 valence electrons. The first-order valence-corrected chi connectivity index (χ1v) is 15.5. The van der Waals surface area contributed by atoms with Gasteiger partial charge in [0.1, 0.15) is 40.0 Å². The first kappa shape index (κ1) is 28.7. The molecular formula is C32H18Cl4N6OS. The Morgan fingerprint density at radius 2 is 1.16 bits per heavy atom. The highest BCUT2D eigenvalue weighted by atomic mass is 35.5. The van der Waals surface area contributed by atoms with Gasteiger partial charge in [0.25, 0.3) is 0 Å². The first-order chi connectivity index (χ1) is 21.4. The Labute approximate surface area is 274 Å². The van der Waals surface area contributed by atoms with Crippen molar-refractivity contribution in [1.29, 1.82) is 0 Å². The summed E-state index contributed by atoms with van der Waals surface area (Å²) in [6, 6.07) is 26.6. The lowest BCUT2D eigenvalue weighted by Gasteiger charge is -2.06. The zero-order valence-electron chi connectivity index (χ0n) is 22.4. The van der Waals surface area contributed by atoms with Crippen molar-refractivity contribution in [1.82, 2.24) is 29.9 Å². The molecule has 0 bridgehead atoms. The van der Waals surface area contributed by atoms with Crippen molar-refractivity contribution >= 4 is 102 Å². The Morgan fingerprint density at radius 3 is 1.84 bits per heavy atom. The number of H-pyrrole nitrogens is 2. The molecule has 4 aromatic heterocycles. The number of aromatic nitrogens is 6. The molecule has 4 heterocycles. The van der Waals surface area contributed by atoms with Crippen LogP contribution < -0.4 is 4.74 Å². The molecule has 0 atom stereocenters. The number of nitrogens with one attached hydrogen (secondary N) is 2. The second kappa shape index (κ2) is 12.1. The van der Waals surface area contributed by atoms with Gasteiger partial charge in [-0.2, -0.15) is 4.98 Å². The van der Waals surface area contributed by atoms with Crippen molar-refractivity contribution in [3.63, 3.8) is 0 Å². The van der Waals surface area contributed by atoms with Crippen LogP contribution >= 0.6 is 58.2 Å². The number of aromatic amines is 2. The van der Waals surface area contributed by atoms with Crippen molar-refractivity contribution in [3.8, 4) is 11.6 Å². The molecule has 8 rings (SSSR count). The maximum absolute atomic E-state index is 6.08. The van der Waals surface area contributed by atoms with Gasteiger partial charge >= 0.3 is 0 Å². The van der Waals surface area contributed by atoms with Crippen LogP contribution in [0, 0.1) is 0 Å². The van der Waals surface area contributed by atoms with E-state index in [1.165, 1.54) is 18.1 Å². The summed E-state index contributed by atoms with van der Waals surface area (Å²) in [7, 11) is 0. The van der Waals surface area contributed by atoms with Crippen LogP contribution in [0.3, 0.4) is 0 Å². The molecule has 0 aliphatic carbocycles. The van der Waals surface area contributed by atoms with E-state index in [9.17, 15) is 0 Å². The number of para-hydroxylation sites is 2. The van der Waals surface area contributed by atoms with E-state index in [0.29, 0.717) is 31.7 Å². The fourth-order valence-electron chi connectivity index (χ4n) is 4.70. The lowest BCUT2D eigenvalue weighted by Crippen LogP contribution is -1.90. The van der Waals surface area contributed by atoms with Crippen LogP contribution in [0.4, 0.5) is 0 Å². The summed E-state index contributed by atoms with van der Waals surface area (Å²) in [5.41, 5.74) is 5.45. The van der Waals surface area contributed by atoms with Gasteiger partial charge in [0, 0.05) is 32.8 Å². The van der Waals surface area contributed by atoms with Gasteiger partial charge < -0.3 is 14.7 Å². The molecule has 0 fully saturated rings. The number of hydrogen-bond acceptors (Lipinski definition) is 6. The average Bonchev–Trinajstić information content (AvgIpc) is 3.61. The zero-order valence-corrected chi connectivity index (χ0v) is 26.2. The smallest absolute Gasteiger partial charge is 0.247 e. The molecule has 44 heavy (non-hydrogen) atoms. The third kappa shape index (κ3) is 5.63. The summed E-state index contributed by atoms with van der Waals surface area (Å²) in [5, 5.41) is 4.97. The lowest BCUT2D eigenvalue weighted by atomic mass is 10.2. The summed E-state index contributed by atoms with van der Waals surface area (Å²) in [5.74, 6) is 1.01. The molecule has 0 radical (unpaired) electrons. The molecule has 0 amide bonds. The van der Waals surface area contributed by atoms with Gasteiger partial charge in [0.05, 0.1) is 25.6 Å². The van der Waals surface area contributed by atoms with Crippen molar-refractivity contribution < 1.29 is 4.74 Å². The largest absolute Gasteiger partial charge is 0.437 e. The normalized spacial score (nSPS) is 11.3. The second-order valence-corrected chi connectivity index (χ2v) is 12.2. The maximum atomic E-state index is 6.08. The van der Waals surface area contributed by atoms with Crippen LogP contribution in [0.5, 0.6) is 11.6 Å².